The van der Waals surface area contributed by atoms with Crippen LogP contribution in [0, 0.1) is 6.92 Å². The van der Waals surface area contributed by atoms with E-state index in [1.54, 1.807) is 12.1 Å². The lowest BCUT2D eigenvalue weighted by Gasteiger charge is -2.04. The van der Waals surface area contributed by atoms with E-state index in [2.05, 4.69) is 6.07 Å². The zero-order valence-electron chi connectivity index (χ0n) is 12.1. The second-order valence-electron chi connectivity index (χ2n) is 4.95. The van der Waals surface area contributed by atoms with Gasteiger partial charge in [-0.1, -0.05) is 0 Å². The molecule has 0 amide bonds. The van der Waals surface area contributed by atoms with Crippen LogP contribution in [-0.4, -0.2) is 11.7 Å². The Bertz CT molecular complexity index is 776. The smallest absolute Gasteiger partial charge is 0.364 e. The number of aromatic hydroxyl groups is 1. The van der Waals surface area contributed by atoms with E-state index in [0.29, 0.717) is 6.61 Å². The van der Waals surface area contributed by atoms with E-state index in [-0.39, 0.29) is 5.75 Å². The van der Waals surface area contributed by atoms with Crippen LogP contribution in [0.2, 0.25) is 0 Å². The molecule has 0 aliphatic carbocycles. The molecule has 21 heavy (non-hydrogen) atoms. The maximum absolute atomic E-state index is 9.39. The van der Waals surface area contributed by atoms with Gasteiger partial charge in [0.15, 0.2) is 0 Å². The van der Waals surface area contributed by atoms with E-state index in [9.17, 15) is 5.11 Å². The normalized spacial score (nSPS) is 10.8. The van der Waals surface area contributed by atoms with Gasteiger partial charge in [0.1, 0.15) is 16.9 Å². The molecule has 0 aliphatic rings. The standard InChI is InChI=1S/C18H16O3/c1-3-20-18-11-17(13-5-7-14(19)8-6-13)21-16-9-4-12(2)10-15(16)18/h4-11H,3H2,1-2H3/p+1. The molecule has 0 fully saturated rings. The Morgan fingerprint density at radius 3 is 2.52 bits per heavy atom. The molecule has 0 saturated heterocycles. The van der Waals surface area contributed by atoms with Gasteiger partial charge in [0.05, 0.1) is 18.2 Å². The predicted octanol–water partition coefficient (Wildman–Crippen LogP) is 4.79. The first-order chi connectivity index (χ1) is 10.2. The lowest BCUT2D eigenvalue weighted by Crippen LogP contribution is -1.93. The Morgan fingerprint density at radius 2 is 1.81 bits per heavy atom. The van der Waals surface area contributed by atoms with E-state index in [1.165, 1.54) is 0 Å². The van der Waals surface area contributed by atoms with Crippen molar-refractivity contribution in [3.8, 4) is 22.8 Å². The van der Waals surface area contributed by atoms with Gasteiger partial charge < -0.3 is 9.84 Å². The molecule has 0 spiro atoms. The topological polar surface area (TPSA) is 40.8 Å². The minimum Gasteiger partial charge on any atom is -0.508 e. The van der Waals surface area contributed by atoms with Crippen LogP contribution in [0.5, 0.6) is 11.5 Å². The molecule has 0 atom stereocenters. The van der Waals surface area contributed by atoms with Gasteiger partial charge in [-0.05, 0) is 55.8 Å². The molecule has 106 valence electrons. The largest absolute Gasteiger partial charge is 0.508 e. The van der Waals surface area contributed by atoms with Crippen LogP contribution in [0.15, 0.2) is 52.9 Å². The maximum atomic E-state index is 9.39. The molecule has 1 aromatic heterocycles. The van der Waals surface area contributed by atoms with Crippen LogP contribution in [0.1, 0.15) is 12.5 Å². The number of aryl methyl sites for hydroxylation is 1. The third-order valence-electron chi connectivity index (χ3n) is 3.33. The Hall–Kier alpha value is -2.55. The third kappa shape index (κ3) is 2.68. The van der Waals surface area contributed by atoms with Crippen LogP contribution < -0.4 is 4.74 Å². The summed E-state index contributed by atoms with van der Waals surface area (Å²) in [6.07, 6.45) is 0. The number of phenolic OH excluding ortho intramolecular Hbond substituents is 1. The van der Waals surface area contributed by atoms with Crippen LogP contribution >= 0.6 is 0 Å². The van der Waals surface area contributed by atoms with Crippen LogP contribution in [0.3, 0.4) is 0 Å². The minimum atomic E-state index is 0.236. The average Bonchev–Trinajstić information content (AvgIpc) is 2.48. The highest BCUT2D eigenvalue weighted by Crippen LogP contribution is 2.33. The summed E-state index contributed by atoms with van der Waals surface area (Å²) in [7, 11) is 0. The summed E-state index contributed by atoms with van der Waals surface area (Å²) in [4.78, 5) is 0. The Kier molecular flexibility index (Phi) is 3.48. The summed E-state index contributed by atoms with van der Waals surface area (Å²) in [5, 5.41) is 10.4. The van der Waals surface area contributed by atoms with Crippen molar-refractivity contribution in [2.24, 2.45) is 0 Å². The molecule has 3 nitrogen and oxygen atoms in total. The van der Waals surface area contributed by atoms with Crippen LogP contribution in [0.25, 0.3) is 22.3 Å². The number of fused-ring (bicyclic) bond motifs is 1. The third-order valence-corrected chi connectivity index (χ3v) is 3.33. The molecule has 1 N–H and O–H groups in total. The van der Waals surface area contributed by atoms with Crippen molar-refractivity contribution in [3.63, 3.8) is 0 Å². The monoisotopic (exact) mass is 281 g/mol. The first kappa shape index (κ1) is 13.4. The van der Waals surface area contributed by atoms with Crippen molar-refractivity contribution in [1.29, 1.82) is 0 Å². The molecular formula is C18H17O3+. The molecule has 3 aromatic rings. The first-order valence-corrected chi connectivity index (χ1v) is 6.97. The van der Waals surface area contributed by atoms with Gasteiger partial charge in [-0.25, -0.2) is 4.42 Å². The van der Waals surface area contributed by atoms with Gasteiger partial charge in [0.25, 0.3) is 0 Å². The van der Waals surface area contributed by atoms with Gasteiger partial charge in [-0.2, -0.15) is 0 Å². The van der Waals surface area contributed by atoms with E-state index < -0.39 is 0 Å². The first-order valence-electron chi connectivity index (χ1n) is 6.97. The molecule has 0 aliphatic heterocycles. The summed E-state index contributed by atoms with van der Waals surface area (Å²) >= 11 is 0. The maximum Gasteiger partial charge on any atom is 0.364 e. The molecule has 0 saturated carbocycles. The Labute approximate surface area is 123 Å². The van der Waals surface area contributed by atoms with Gasteiger partial charge in [-0.15, -0.1) is 0 Å². The fourth-order valence-corrected chi connectivity index (χ4v) is 2.31. The zero-order chi connectivity index (χ0) is 14.8. The van der Waals surface area contributed by atoms with Gasteiger partial charge >= 0.3 is 11.3 Å². The summed E-state index contributed by atoms with van der Waals surface area (Å²) < 4.78 is 11.7. The van der Waals surface area contributed by atoms with Crippen molar-refractivity contribution in [1.82, 2.24) is 0 Å². The summed E-state index contributed by atoms with van der Waals surface area (Å²) in [6, 6.07) is 14.9. The van der Waals surface area contributed by atoms with Gasteiger partial charge in [0.2, 0.25) is 0 Å². The second kappa shape index (κ2) is 5.44. The molecule has 0 unspecified atom stereocenters. The molecular weight excluding hydrogens is 264 g/mol. The summed E-state index contributed by atoms with van der Waals surface area (Å²) in [5.74, 6) is 1.76. The fourth-order valence-electron chi connectivity index (χ4n) is 2.31. The lowest BCUT2D eigenvalue weighted by molar-refractivity contribution is 0.342. The highest BCUT2D eigenvalue weighted by molar-refractivity contribution is 5.86. The number of benzene rings is 2. The van der Waals surface area contributed by atoms with Crippen molar-refractivity contribution in [2.45, 2.75) is 13.8 Å². The van der Waals surface area contributed by atoms with Crippen molar-refractivity contribution in [2.75, 3.05) is 6.61 Å². The number of phenols is 1. The van der Waals surface area contributed by atoms with Gasteiger partial charge in [0, 0.05) is 6.07 Å². The average molecular weight is 281 g/mol. The summed E-state index contributed by atoms with van der Waals surface area (Å²) in [5.41, 5.74) is 2.85. The van der Waals surface area contributed by atoms with Crippen LogP contribution in [0.4, 0.5) is 0 Å². The van der Waals surface area contributed by atoms with Crippen molar-refractivity contribution in [3.05, 3.63) is 54.1 Å². The summed E-state index contributed by atoms with van der Waals surface area (Å²) in [6.45, 7) is 4.61. The van der Waals surface area contributed by atoms with E-state index in [0.717, 1.165) is 33.6 Å². The van der Waals surface area contributed by atoms with E-state index in [1.807, 2.05) is 44.2 Å². The quantitative estimate of drug-likeness (QED) is 0.701. The second-order valence-corrected chi connectivity index (χ2v) is 4.95. The highest BCUT2D eigenvalue weighted by Gasteiger charge is 2.20. The molecule has 2 aromatic carbocycles. The minimum absolute atomic E-state index is 0.236. The number of hydrogen-bond donors (Lipinski definition) is 1. The van der Waals surface area contributed by atoms with E-state index >= 15 is 0 Å². The van der Waals surface area contributed by atoms with E-state index in [4.69, 9.17) is 9.15 Å². The number of rotatable bonds is 3. The fraction of sp³-hybridized carbons (Fsp3) is 0.167. The lowest BCUT2D eigenvalue weighted by atomic mass is 10.1. The molecule has 3 heteroatoms. The van der Waals surface area contributed by atoms with Crippen molar-refractivity contribution < 1.29 is 14.3 Å². The zero-order valence-corrected chi connectivity index (χ0v) is 12.1. The Balaban J connectivity index is 2.20. The predicted molar refractivity (Wildman–Crippen MR) is 83.6 cm³/mol. The Morgan fingerprint density at radius 1 is 1.05 bits per heavy atom. The molecule has 1 heterocycles. The van der Waals surface area contributed by atoms with Crippen LogP contribution in [-0.2, 0) is 0 Å². The number of hydrogen-bond acceptors (Lipinski definition) is 2. The highest BCUT2D eigenvalue weighted by atomic mass is 16.5. The SMILES string of the molecule is CCOc1cc(-c2ccc(O)cc2)[o+]c2ccc(C)cc12. The van der Waals surface area contributed by atoms with Gasteiger partial charge in [-0.3, -0.25) is 0 Å². The molecule has 0 bridgehead atoms. The van der Waals surface area contributed by atoms with Crippen molar-refractivity contribution >= 4 is 11.0 Å². The molecule has 3 rings (SSSR count). The number of ether oxygens (including phenoxy) is 1. The molecule has 0 radical (unpaired) electrons.